The molecular formula is C16H18N2O4. The third-order valence-electron chi connectivity index (χ3n) is 3.73. The smallest absolute Gasteiger partial charge is 0.326 e. The number of carbonyl (C=O) groups is 2. The van der Waals surface area contributed by atoms with Gasteiger partial charge in [0.05, 0.1) is 5.56 Å². The van der Waals surface area contributed by atoms with Gasteiger partial charge in [0.1, 0.15) is 17.9 Å². The fourth-order valence-corrected chi connectivity index (χ4v) is 2.59. The second-order valence-corrected chi connectivity index (χ2v) is 5.25. The zero-order valence-corrected chi connectivity index (χ0v) is 12.4. The number of para-hydroxylation sites is 1. The van der Waals surface area contributed by atoms with Crippen molar-refractivity contribution in [3.8, 4) is 11.8 Å². The number of carboxylic acids is 1. The fraction of sp³-hybridized carbons (Fsp3) is 0.438. The van der Waals surface area contributed by atoms with Gasteiger partial charge in [0.25, 0.3) is 5.91 Å². The Labute approximate surface area is 128 Å². The zero-order chi connectivity index (χ0) is 16.1. The maximum atomic E-state index is 12.5. The summed E-state index contributed by atoms with van der Waals surface area (Å²) >= 11 is 0. The Morgan fingerprint density at radius 2 is 2.14 bits per heavy atom. The molecule has 0 saturated carbocycles. The molecule has 1 aliphatic heterocycles. The molecule has 2 unspecified atom stereocenters. The number of rotatable bonds is 4. The Kier molecular flexibility index (Phi) is 4.99. The minimum Gasteiger partial charge on any atom is -0.480 e. The highest BCUT2D eigenvalue weighted by Crippen LogP contribution is 2.22. The third kappa shape index (κ3) is 3.37. The molecule has 2 atom stereocenters. The van der Waals surface area contributed by atoms with Crippen LogP contribution in [-0.2, 0) is 9.59 Å². The molecule has 1 aliphatic rings. The van der Waals surface area contributed by atoms with Crippen LogP contribution in [0.5, 0.6) is 5.75 Å². The van der Waals surface area contributed by atoms with Crippen LogP contribution in [0, 0.1) is 11.3 Å². The van der Waals surface area contributed by atoms with Gasteiger partial charge in [0.2, 0.25) is 0 Å². The minimum absolute atomic E-state index is 0.328. The van der Waals surface area contributed by atoms with Gasteiger partial charge in [0.15, 0.2) is 6.10 Å². The summed E-state index contributed by atoms with van der Waals surface area (Å²) in [7, 11) is 0. The van der Waals surface area contributed by atoms with Crippen LogP contribution < -0.4 is 4.74 Å². The molecule has 0 radical (unpaired) electrons. The van der Waals surface area contributed by atoms with Crippen LogP contribution in [0.4, 0.5) is 0 Å². The summed E-state index contributed by atoms with van der Waals surface area (Å²) in [5, 5.41) is 18.3. The van der Waals surface area contributed by atoms with E-state index in [1.165, 1.54) is 4.90 Å². The molecule has 1 aromatic rings. The van der Waals surface area contributed by atoms with Gasteiger partial charge >= 0.3 is 5.97 Å². The number of hydrogen-bond acceptors (Lipinski definition) is 4. The Morgan fingerprint density at radius 1 is 1.41 bits per heavy atom. The molecule has 1 aromatic carbocycles. The molecule has 0 spiro atoms. The standard InChI is InChI=1S/C16H18N2O4/c1-11(22-14-8-3-2-6-12(14)10-17)15(19)18-9-5-4-7-13(18)16(20)21/h2-3,6,8,11,13H,4-5,7,9H2,1H3,(H,20,21). The Morgan fingerprint density at radius 3 is 2.82 bits per heavy atom. The zero-order valence-electron chi connectivity index (χ0n) is 12.4. The van der Waals surface area contributed by atoms with Crippen molar-refractivity contribution < 1.29 is 19.4 Å². The number of benzene rings is 1. The number of amides is 1. The first-order valence-electron chi connectivity index (χ1n) is 7.23. The normalized spacial score (nSPS) is 19.1. The van der Waals surface area contributed by atoms with Gasteiger partial charge in [-0.05, 0) is 38.3 Å². The molecule has 1 amide bonds. The lowest BCUT2D eigenvalue weighted by molar-refractivity contribution is -0.155. The first kappa shape index (κ1) is 15.8. The predicted octanol–water partition coefficient (Wildman–Crippen LogP) is 1.79. The van der Waals surface area contributed by atoms with Crippen molar-refractivity contribution >= 4 is 11.9 Å². The largest absolute Gasteiger partial charge is 0.480 e. The van der Waals surface area contributed by atoms with E-state index in [0.717, 1.165) is 12.8 Å². The van der Waals surface area contributed by atoms with Crippen molar-refractivity contribution in [1.82, 2.24) is 4.90 Å². The summed E-state index contributed by atoms with van der Waals surface area (Å²) in [6.07, 6.45) is 1.21. The van der Waals surface area contributed by atoms with E-state index in [4.69, 9.17) is 10.00 Å². The van der Waals surface area contributed by atoms with E-state index in [0.29, 0.717) is 24.3 Å². The van der Waals surface area contributed by atoms with E-state index in [2.05, 4.69) is 0 Å². The molecule has 22 heavy (non-hydrogen) atoms. The average Bonchev–Trinajstić information content (AvgIpc) is 2.54. The molecule has 2 rings (SSSR count). The number of carboxylic acid groups (broad SMARTS) is 1. The van der Waals surface area contributed by atoms with Crippen LogP contribution in [0.2, 0.25) is 0 Å². The molecule has 0 aromatic heterocycles. The molecule has 0 aliphatic carbocycles. The van der Waals surface area contributed by atoms with Crippen LogP contribution in [0.1, 0.15) is 31.7 Å². The van der Waals surface area contributed by atoms with E-state index in [1.54, 1.807) is 31.2 Å². The van der Waals surface area contributed by atoms with Crippen LogP contribution >= 0.6 is 0 Å². The SMILES string of the molecule is CC(Oc1ccccc1C#N)C(=O)N1CCCCC1C(=O)O. The maximum absolute atomic E-state index is 12.5. The highest BCUT2D eigenvalue weighted by molar-refractivity contribution is 5.86. The Bertz CT molecular complexity index is 608. The topological polar surface area (TPSA) is 90.6 Å². The van der Waals surface area contributed by atoms with Crippen molar-refractivity contribution in [2.75, 3.05) is 6.54 Å². The van der Waals surface area contributed by atoms with Crippen molar-refractivity contribution in [2.45, 2.75) is 38.3 Å². The second kappa shape index (κ2) is 6.94. The molecule has 1 fully saturated rings. The van der Waals surface area contributed by atoms with Crippen LogP contribution in [0.25, 0.3) is 0 Å². The molecule has 0 bridgehead atoms. The van der Waals surface area contributed by atoms with E-state index in [9.17, 15) is 14.7 Å². The maximum Gasteiger partial charge on any atom is 0.326 e. The number of ether oxygens (including phenoxy) is 1. The lowest BCUT2D eigenvalue weighted by atomic mass is 10.0. The molecule has 1 heterocycles. The average molecular weight is 302 g/mol. The van der Waals surface area contributed by atoms with Crippen molar-refractivity contribution in [3.05, 3.63) is 29.8 Å². The third-order valence-corrected chi connectivity index (χ3v) is 3.73. The quantitative estimate of drug-likeness (QED) is 0.915. The van der Waals surface area contributed by atoms with E-state index >= 15 is 0 Å². The number of piperidine rings is 1. The van der Waals surface area contributed by atoms with Gasteiger partial charge in [-0.1, -0.05) is 12.1 Å². The van der Waals surface area contributed by atoms with E-state index in [-0.39, 0.29) is 5.91 Å². The van der Waals surface area contributed by atoms with Gasteiger partial charge in [-0.25, -0.2) is 4.79 Å². The van der Waals surface area contributed by atoms with Crippen molar-refractivity contribution in [3.63, 3.8) is 0 Å². The summed E-state index contributed by atoms with van der Waals surface area (Å²) in [5.41, 5.74) is 0.343. The summed E-state index contributed by atoms with van der Waals surface area (Å²) in [6.45, 7) is 1.99. The summed E-state index contributed by atoms with van der Waals surface area (Å²) < 4.78 is 5.57. The highest BCUT2D eigenvalue weighted by atomic mass is 16.5. The van der Waals surface area contributed by atoms with Gasteiger partial charge < -0.3 is 14.7 Å². The summed E-state index contributed by atoms with van der Waals surface area (Å²) in [4.78, 5) is 25.1. The van der Waals surface area contributed by atoms with Gasteiger partial charge in [-0.15, -0.1) is 0 Å². The second-order valence-electron chi connectivity index (χ2n) is 5.25. The van der Waals surface area contributed by atoms with Gasteiger partial charge in [-0.3, -0.25) is 4.79 Å². The lowest BCUT2D eigenvalue weighted by Gasteiger charge is -2.34. The highest BCUT2D eigenvalue weighted by Gasteiger charge is 2.34. The summed E-state index contributed by atoms with van der Waals surface area (Å²) in [5.74, 6) is -1.02. The fourth-order valence-electron chi connectivity index (χ4n) is 2.59. The lowest BCUT2D eigenvalue weighted by Crippen LogP contribution is -2.52. The monoisotopic (exact) mass is 302 g/mol. The molecule has 1 saturated heterocycles. The predicted molar refractivity (Wildman–Crippen MR) is 78.2 cm³/mol. The van der Waals surface area contributed by atoms with Gasteiger partial charge in [-0.2, -0.15) is 5.26 Å². The number of nitriles is 1. The number of aliphatic carboxylic acids is 1. The Hall–Kier alpha value is -2.55. The van der Waals surface area contributed by atoms with Gasteiger partial charge in [0, 0.05) is 6.54 Å². The minimum atomic E-state index is -0.988. The van der Waals surface area contributed by atoms with Crippen LogP contribution in [0.15, 0.2) is 24.3 Å². The number of likely N-dealkylation sites (tertiary alicyclic amines) is 1. The molecule has 6 heteroatoms. The molecule has 6 nitrogen and oxygen atoms in total. The molecule has 1 N–H and O–H groups in total. The van der Waals surface area contributed by atoms with E-state index in [1.807, 2.05) is 6.07 Å². The van der Waals surface area contributed by atoms with Crippen LogP contribution in [-0.4, -0.2) is 40.6 Å². The molecule has 116 valence electrons. The number of nitrogens with zero attached hydrogens (tertiary/aromatic N) is 2. The number of carbonyl (C=O) groups excluding carboxylic acids is 1. The van der Waals surface area contributed by atoms with Crippen LogP contribution in [0.3, 0.4) is 0 Å². The molecular weight excluding hydrogens is 284 g/mol. The van der Waals surface area contributed by atoms with Crippen molar-refractivity contribution in [1.29, 1.82) is 5.26 Å². The number of hydrogen-bond donors (Lipinski definition) is 1. The first-order chi connectivity index (χ1) is 10.5. The Balaban J connectivity index is 2.11. The van der Waals surface area contributed by atoms with Crippen molar-refractivity contribution in [2.24, 2.45) is 0 Å². The summed E-state index contributed by atoms with van der Waals surface area (Å²) in [6, 6.07) is 7.86. The van der Waals surface area contributed by atoms with E-state index < -0.39 is 18.1 Å². The first-order valence-corrected chi connectivity index (χ1v) is 7.23.